The van der Waals surface area contributed by atoms with Gasteiger partial charge < -0.3 is 16.0 Å². The van der Waals surface area contributed by atoms with Crippen molar-refractivity contribution in [2.75, 3.05) is 13.1 Å². The van der Waals surface area contributed by atoms with Gasteiger partial charge >= 0.3 is 0 Å². The lowest BCUT2D eigenvalue weighted by molar-refractivity contribution is -0.134. The zero-order valence-corrected chi connectivity index (χ0v) is 10.1. The number of primary amides is 1. The van der Waals surface area contributed by atoms with Gasteiger partial charge in [-0.05, 0) is 19.8 Å². The Kier molecular flexibility index (Phi) is 4.93. The van der Waals surface area contributed by atoms with E-state index < -0.39 is 11.9 Å². The van der Waals surface area contributed by atoms with Gasteiger partial charge in [0.2, 0.25) is 17.7 Å². The van der Waals surface area contributed by atoms with Crippen LogP contribution in [0.5, 0.6) is 0 Å². The molecule has 1 aliphatic heterocycles. The number of rotatable bonds is 5. The van der Waals surface area contributed by atoms with E-state index in [2.05, 4.69) is 5.32 Å². The SMILES string of the molecule is C[C@H](NC(=O)CCN1CCCCC1=O)C(N)=O. The van der Waals surface area contributed by atoms with Gasteiger partial charge in [-0.15, -0.1) is 0 Å². The number of nitrogens with two attached hydrogens (primary N) is 1. The lowest BCUT2D eigenvalue weighted by atomic mass is 10.1. The van der Waals surface area contributed by atoms with Crippen LogP contribution in [0.2, 0.25) is 0 Å². The number of hydrogen-bond acceptors (Lipinski definition) is 3. The minimum atomic E-state index is -0.667. The average molecular weight is 241 g/mol. The molecule has 1 atom stereocenters. The van der Waals surface area contributed by atoms with Crippen molar-refractivity contribution in [3.63, 3.8) is 0 Å². The summed E-state index contributed by atoms with van der Waals surface area (Å²) in [5.74, 6) is -0.714. The maximum absolute atomic E-state index is 11.5. The highest BCUT2D eigenvalue weighted by atomic mass is 16.2. The van der Waals surface area contributed by atoms with Crippen LogP contribution in [0.1, 0.15) is 32.6 Å². The number of amides is 3. The van der Waals surface area contributed by atoms with E-state index in [1.165, 1.54) is 6.92 Å². The first-order valence-corrected chi connectivity index (χ1v) is 5.87. The molecule has 1 aliphatic rings. The Morgan fingerprint density at radius 2 is 2.18 bits per heavy atom. The second kappa shape index (κ2) is 6.22. The van der Waals surface area contributed by atoms with Crippen molar-refractivity contribution in [3.05, 3.63) is 0 Å². The second-order valence-corrected chi connectivity index (χ2v) is 4.28. The Morgan fingerprint density at radius 1 is 1.47 bits per heavy atom. The molecule has 0 aromatic heterocycles. The molecule has 0 spiro atoms. The highest BCUT2D eigenvalue weighted by Crippen LogP contribution is 2.10. The topological polar surface area (TPSA) is 92.5 Å². The van der Waals surface area contributed by atoms with Gasteiger partial charge in [-0.1, -0.05) is 0 Å². The molecule has 0 aromatic carbocycles. The van der Waals surface area contributed by atoms with Crippen molar-refractivity contribution in [3.8, 4) is 0 Å². The van der Waals surface area contributed by atoms with Crippen LogP contribution in [-0.2, 0) is 14.4 Å². The van der Waals surface area contributed by atoms with Crippen LogP contribution in [0.15, 0.2) is 0 Å². The number of likely N-dealkylation sites (tertiary alicyclic amines) is 1. The molecule has 6 heteroatoms. The summed E-state index contributed by atoms with van der Waals surface area (Å²) in [7, 11) is 0. The van der Waals surface area contributed by atoms with E-state index in [0.717, 1.165) is 19.4 Å². The van der Waals surface area contributed by atoms with Gasteiger partial charge in [0.05, 0.1) is 0 Å². The van der Waals surface area contributed by atoms with Crippen LogP contribution in [0.4, 0.5) is 0 Å². The number of nitrogens with zero attached hydrogens (tertiary/aromatic N) is 1. The Bertz CT molecular complexity index is 317. The molecule has 17 heavy (non-hydrogen) atoms. The monoisotopic (exact) mass is 241 g/mol. The Hall–Kier alpha value is -1.59. The fourth-order valence-corrected chi connectivity index (χ4v) is 1.72. The molecule has 3 amide bonds. The minimum Gasteiger partial charge on any atom is -0.368 e. The largest absolute Gasteiger partial charge is 0.368 e. The molecule has 0 bridgehead atoms. The molecular weight excluding hydrogens is 222 g/mol. The number of carbonyl (C=O) groups is 3. The molecule has 1 heterocycles. The third-order valence-electron chi connectivity index (χ3n) is 2.83. The zero-order valence-electron chi connectivity index (χ0n) is 10.1. The van der Waals surface area contributed by atoms with Gasteiger partial charge in [-0.2, -0.15) is 0 Å². The van der Waals surface area contributed by atoms with Gasteiger partial charge in [0, 0.05) is 25.9 Å². The summed E-state index contributed by atoms with van der Waals surface area (Å²) in [5, 5.41) is 2.48. The maximum Gasteiger partial charge on any atom is 0.239 e. The molecule has 96 valence electrons. The van der Waals surface area contributed by atoms with Crippen molar-refractivity contribution >= 4 is 17.7 Å². The Balaban J connectivity index is 2.27. The van der Waals surface area contributed by atoms with Crippen molar-refractivity contribution in [1.29, 1.82) is 0 Å². The first-order valence-electron chi connectivity index (χ1n) is 5.87. The number of carbonyl (C=O) groups excluding carboxylic acids is 3. The average Bonchev–Trinajstić information content (AvgIpc) is 2.27. The summed E-state index contributed by atoms with van der Waals surface area (Å²) < 4.78 is 0. The van der Waals surface area contributed by atoms with Crippen LogP contribution in [-0.4, -0.2) is 41.8 Å². The third-order valence-corrected chi connectivity index (χ3v) is 2.83. The summed E-state index contributed by atoms with van der Waals surface area (Å²) in [6.07, 6.45) is 2.70. The van der Waals surface area contributed by atoms with E-state index in [9.17, 15) is 14.4 Å². The van der Waals surface area contributed by atoms with E-state index in [4.69, 9.17) is 5.73 Å². The lowest BCUT2D eigenvalue weighted by Gasteiger charge is -2.26. The summed E-state index contributed by atoms with van der Waals surface area (Å²) in [6.45, 7) is 2.67. The van der Waals surface area contributed by atoms with E-state index in [-0.39, 0.29) is 18.2 Å². The molecule has 0 radical (unpaired) electrons. The molecule has 6 nitrogen and oxygen atoms in total. The van der Waals surface area contributed by atoms with E-state index in [1.807, 2.05) is 0 Å². The van der Waals surface area contributed by atoms with Crippen molar-refractivity contribution in [2.45, 2.75) is 38.6 Å². The molecule has 0 aromatic rings. The molecular formula is C11H19N3O3. The van der Waals surface area contributed by atoms with Gasteiger partial charge in [0.1, 0.15) is 6.04 Å². The third kappa shape index (κ3) is 4.42. The van der Waals surface area contributed by atoms with Gasteiger partial charge in [-0.3, -0.25) is 14.4 Å². The summed E-state index contributed by atoms with van der Waals surface area (Å²) in [4.78, 5) is 35.3. The highest BCUT2D eigenvalue weighted by molar-refractivity contribution is 5.86. The summed E-state index contributed by atoms with van der Waals surface area (Å²) >= 11 is 0. The number of nitrogens with one attached hydrogen (secondary N) is 1. The van der Waals surface area contributed by atoms with Crippen LogP contribution in [0.3, 0.4) is 0 Å². The smallest absolute Gasteiger partial charge is 0.239 e. The minimum absolute atomic E-state index is 0.104. The highest BCUT2D eigenvalue weighted by Gasteiger charge is 2.19. The molecule has 0 unspecified atom stereocenters. The molecule has 3 N–H and O–H groups in total. The van der Waals surface area contributed by atoms with Crippen LogP contribution in [0, 0.1) is 0 Å². The molecule has 1 rings (SSSR count). The predicted molar refractivity (Wildman–Crippen MR) is 61.8 cm³/mol. The van der Waals surface area contributed by atoms with Crippen molar-refractivity contribution < 1.29 is 14.4 Å². The fourth-order valence-electron chi connectivity index (χ4n) is 1.72. The molecule has 1 saturated heterocycles. The Morgan fingerprint density at radius 3 is 2.76 bits per heavy atom. The number of piperidine rings is 1. The normalized spacial score (nSPS) is 17.7. The van der Waals surface area contributed by atoms with E-state index in [1.54, 1.807) is 4.90 Å². The molecule has 0 saturated carbocycles. The van der Waals surface area contributed by atoms with Crippen LogP contribution in [0.25, 0.3) is 0 Å². The van der Waals surface area contributed by atoms with Gasteiger partial charge in [0.25, 0.3) is 0 Å². The van der Waals surface area contributed by atoms with E-state index >= 15 is 0 Å². The van der Waals surface area contributed by atoms with E-state index in [0.29, 0.717) is 13.0 Å². The summed E-state index contributed by atoms with van der Waals surface area (Å²) in [5.41, 5.74) is 5.03. The Labute approximate surface area is 101 Å². The van der Waals surface area contributed by atoms with Crippen LogP contribution >= 0.6 is 0 Å². The predicted octanol–water partition coefficient (Wildman–Crippen LogP) is -0.621. The van der Waals surface area contributed by atoms with Crippen molar-refractivity contribution in [2.24, 2.45) is 5.73 Å². The first-order chi connectivity index (χ1) is 8.00. The van der Waals surface area contributed by atoms with Gasteiger partial charge in [0.15, 0.2) is 0 Å². The quantitative estimate of drug-likeness (QED) is 0.671. The standard InChI is InChI=1S/C11H19N3O3/c1-8(11(12)17)13-9(15)5-7-14-6-3-2-4-10(14)16/h8H,2-7H2,1H3,(H2,12,17)(H,13,15)/t8-/m0/s1. The van der Waals surface area contributed by atoms with Crippen molar-refractivity contribution in [1.82, 2.24) is 10.2 Å². The summed E-state index contributed by atoms with van der Waals surface area (Å²) in [6, 6.07) is -0.667. The molecule has 0 aliphatic carbocycles. The number of hydrogen-bond donors (Lipinski definition) is 2. The zero-order chi connectivity index (χ0) is 12.8. The second-order valence-electron chi connectivity index (χ2n) is 4.28. The lowest BCUT2D eigenvalue weighted by Crippen LogP contribution is -2.44. The van der Waals surface area contributed by atoms with Gasteiger partial charge in [-0.25, -0.2) is 0 Å². The fraction of sp³-hybridized carbons (Fsp3) is 0.727. The van der Waals surface area contributed by atoms with Crippen LogP contribution < -0.4 is 11.1 Å². The molecule has 1 fully saturated rings. The maximum atomic E-state index is 11.5. The first kappa shape index (κ1) is 13.5.